The quantitative estimate of drug-likeness (QED) is 0.832. The van der Waals surface area contributed by atoms with Crippen LogP contribution in [0.15, 0.2) is 24.3 Å². The van der Waals surface area contributed by atoms with Crippen LogP contribution in [0.25, 0.3) is 0 Å². The van der Waals surface area contributed by atoms with Gasteiger partial charge in [0.05, 0.1) is 6.10 Å². The molecule has 0 amide bonds. The van der Waals surface area contributed by atoms with E-state index in [9.17, 15) is 5.11 Å². The van der Waals surface area contributed by atoms with Gasteiger partial charge >= 0.3 is 0 Å². The number of para-hydroxylation sites is 1. The lowest BCUT2D eigenvalue weighted by Gasteiger charge is -2.36. The van der Waals surface area contributed by atoms with Gasteiger partial charge in [-0.15, -0.1) is 0 Å². The molecule has 1 heterocycles. The molecule has 18 heavy (non-hydrogen) atoms. The highest BCUT2D eigenvalue weighted by Gasteiger charge is 2.22. The topological polar surface area (TPSA) is 35.5 Å². The van der Waals surface area contributed by atoms with E-state index in [-0.39, 0.29) is 6.10 Å². The third kappa shape index (κ3) is 3.24. The molecule has 1 aromatic carbocycles. The Hall–Kier alpha value is -1.06. The molecule has 0 saturated heterocycles. The summed E-state index contributed by atoms with van der Waals surface area (Å²) in [5, 5.41) is 13.2. The third-order valence-corrected chi connectivity index (χ3v) is 3.49. The van der Waals surface area contributed by atoms with Crippen LogP contribution in [0.4, 0.5) is 5.69 Å². The SMILES string of the molecule is CCNCC(O)CN1CC(C)Cc2ccccc21. The van der Waals surface area contributed by atoms with Crippen LogP contribution in [0.3, 0.4) is 0 Å². The Kier molecular flexibility index (Phi) is 4.61. The van der Waals surface area contributed by atoms with E-state index in [1.165, 1.54) is 11.3 Å². The number of nitrogens with zero attached hydrogens (tertiary/aromatic N) is 1. The van der Waals surface area contributed by atoms with Crippen LogP contribution in [0.5, 0.6) is 0 Å². The average molecular weight is 248 g/mol. The lowest BCUT2D eigenvalue weighted by Crippen LogP contribution is -2.42. The summed E-state index contributed by atoms with van der Waals surface area (Å²) < 4.78 is 0. The Balaban J connectivity index is 2.04. The number of fused-ring (bicyclic) bond motifs is 1. The summed E-state index contributed by atoms with van der Waals surface area (Å²) in [4.78, 5) is 2.32. The van der Waals surface area contributed by atoms with Crippen molar-refractivity contribution < 1.29 is 5.11 Å². The lowest BCUT2D eigenvalue weighted by atomic mass is 9.93. The molecule has 0 saturated carbocycles. The van der Waals surface area contributed by atoms with E-state index in [1.807, 2.05) is 0 Å². The second-order valence-corrected chi connectivity index (χ2v) is 5.30. The zero-order valence-corrected chi connectivity index (χ0v) is 11.4. The molecule has 0 aliphatic carbocycles. The monoisotopic (exact) mass is 248 g/mol. The van der Waals surface area contributed by atoms with Crippen molar-refractivity contribution in [2.24, 2.45) is 5.92 Å². The molecule has 2 rings (SSSR count). The van der Waals surface area contributed by atoms with Crippen LogP contribution in [0.1, 0.15) is 19.4 Å². The molecule has 3 heteroatoms. The highest BCUT2D eigenvalue weighted by molar-refractivity contribution is 5.55. The number of anilines is 1. The van der Waals surface area contributed by atoms with E-state index in [4.69, 9.17) is 0 Å². The number of rotatable bonds is 5. The van der Waals surface area contributed by atoms with Crippen molar-refractivity contribution >= 4 is 5.69 Å². The van der Waals surface area contributed by atoms with Gasteiger partial charge in [0.25, 0.3) is 0 Å². The summed E-state index contributed by atoms with van der Waals surface area (Å²) in [6.07, 6.45) is 0.846. The maximum atomic E-state index is 10.0. The van der Waals surface area contributed by atoms with Crippen molar-refractivity contribution in [3.8, 4) is 0 Å². The van der Waals surface area contributed by atoms with Gasteiger partial charge < -0.3 is 15.3 Å². The highest BCUT2D eigenvalue weighted by Crippen LogP contribution is 2.29. The van der Waals surface area contributed by atoms with E-state index in [2.05, 4.69) is 48.3 Å². The van der Waals surface area contributed by atoms with Crippen LogP contribution in [0.2, 0.25) is 0 Å². The summed E-state index contributed by atoms with van der Waals surface area (Å²) in [6.45, 7) is 7.67. The molecule has 2 unspecified atom stereocenters. The third-order valence-electron chi connectivity index (χ3n) is 3.49. The molecule has 3 nitrogen and oxygen atoms in total. The second kappa shape index (κ2) is 6.21. The molecule has 2 N–H and O–H groups in total. The Bertz CT molecular complexity index is 381. The minimum Gasteiger partial charge on any atom is -0.390 e. The number of likely N-dealkylation sites (N-methyl/N-ethyl adjacent to an activating group) is 1. The molecular formula is C15H24N2O. The minimum absolute atomic E-state index is 0.302. The van der Waals surface area contributed by atoms with Gasteiger partial charge in [-0.1, -0.05) is 32.0 Å². The summed E-state index contributed by atoms with van der Waals surface area (Å²) in [7, 11) is 0. The molecular weight excluding hydrogens is 224 g/mol. The maximum Gasteiger partial charge on any atom is 0.0839 e. The fraction of sp³-hybridized carbons (Fsp3) is 0.600. The number of β-amino-alcohol motifs (C(OH)–C–C–N with tert-alkyl or cyclic N) is 1. The van der Waals surface area contributed by atoms with Crippen molar-refractivity contribution in [3.05, 3.63) is 29.8 Å². The normalized spacial score (nSPS) is 20.6. The molecule has 0 spiro atoms. The Morgan fingerprint density at radius 2 is 2.22 bits per heavy atom. The molecule has 1 aliphatic heterocycles. The fourth-order valence-electron chi connectivity index (χ4n) is 2.71. The Labute approximate surface area is 110 Å². The Morgan fingerprint density at radius 3 is 3.00 bits per heavy atom. The van der Waals surface area contributed by atoms with Gasteiger partial charge in [0.15, 0.2) is 0 Å². The number of nitrogens with one attached hydrogen (secondary N) is 1. The molecule has 0 fully saturated rings. The van der Waals surface area contributed by atoms with E-state index < -0.39 is 0 Å². The van der Waals surface area contributed by atoms with E-state index in [0.717, 1.165) is 19.5 Å². The smallest absolute Gasteiger partial charge is 0.0839 e. The van der Waals surface area contributed by atoms with Crippen molar-refractivity contribution in [3.63, 3.8) is 0 Å². The van der Waals surface area contributed by atoms with Crippen LogP contribution < -0.4 is 10.2 Å². The minimum atomic E-state index is -0.302. The van der Waals surface area contributed by atoms with E-state index in [1.54, 1.807) is 0 Å². The molecule has 1 aliphatic rings. The van der Waals surface area contributed by atoms with E-state index in [0.29, 0.717) is 19.0 Å². The average Bonchev–Trinajstić information content (AvgIpc) is 2.36. The highest BCUT2D eigenvalue weighted by atomic mass is 16.3. The van der Waals surface area contributed by atoms with Crippen LogP contribution in [-0.2, 0) is 6.42 Å². The number of aliphatic hydroxyl groups is 1. The summed E-state index contributed by atoms with van der Waals surface area (Å²) >= 11 is 0. The van der Waals surface area contributed by atoms with E-state index >= 15 is 0 Å². The predicted molar refractivity (Wildman–Crippen MR) is 76.1 cm³/mol. The molecule has 0 aromatic heterocycles. The van der Waals surface area contributed by atoms with Gasteiger partial charge in [0.1, 0.15) is 0 Å². The zero-order chi connectivity index (χ0) is 13.0. The molecule has 1 aromatic rings. The molecule has 100 valence electrons. The lowest BCUT2D eigenvalue weighted by molar-refractivity contribution is 0.175. The van der Waals surface area contributed by atoms with Crippen LogP contribution in [-0.4, -0.2) is 37.4 Å². The number of aliphatic hydroxyl groups excluding tert-OH is 1. The largest absolute Gasteiger partial charge is 0.390 e. The molecule has 0 bridgehead atoms. The van der Waals surface area contributed by atoms with Gasteiger partial charge in [-0.25, -0.2) is 0 Å². The fourth-order valence-corrected chi connectivity index (χ4v) is 2.71. The Morgan fingerprint density at radius 1 is 1.44 bits per heavy atom. The van der Waals surface area contributed by atoms with Crippen LogP contribution >= 0.6 is 0 Å². The van der Waals surface area contributed by atoms with Crippen molar-refractivity contribution in [1.29, 1.82) is 0 Å². The van der Waals surface area contributed by atoms with Gasteiger partial charge in [-0.05, 0) is 30.5 Å². The number of hydrogen-bond donors (Lipinski definition) is 2. The first kappa shape index (κ1) is 13.4. The summed E-state index contributed by atoms with van der Waals surface area (Å²) in [5.41, 5.74) is 2.71. The first-order valence-electron chi connectivity index (χ1n) is 6.92. The molecule has 0 radical (unpaired) electrons. The summed E-state index contributed by atoms with van der Waals surface area (Å²) in [5.74, 6) is 0.659. The predicted octanol–water partition coefficient (Wildman–Crippen LogP) is 1.66. The first-order valence-corrected chi connectivity index (χ1v) is 6.92. The van der Waals surface area contributed by atoms with Gasteiger partial charge in [-0.3, -0.25) is 0 Å². The standard InChI is InChI=1S/C15H24N2O/c1-3-16-9-14(18)11-17-10-12(2)8-13-6-4-5-7-15(13)17/h4-7,12,14,16,18H,3,8-11H2,1-2H3. The van der Waals surface area contributed by atoms with Crippen molar-refractivity contribution in [2.75, 3.05) is 31.1 Å². The van der Waals surface area contributed by atoms with Gasteiger partial charge in [0, 0.05) is 25.3 Å². The first-order chi connectivity index (χ1) is 8.70. The number of hydrogen-bond acceptors (Lipinski definition) is 3. The zero-order valence-electron chi connectivity index (χ0n) is 11.4. The van der Waals surface area contributed by atoms with Gasteiger partial charge in [0.2, 0.25) is 0 Å². The van der Waals surface area contributed by atoms with Crippen molar-refractivity contribution in [1.82, 2.24) is 5.32 Å². The molecule has 2 atom stereocenters. The van der Waals surface area contributed by atoms with Crippen LogP contribution in [0, 0.1) is 5.92 Å². The second-order valence-electron chi connectivity index (χ2n) is 5.30. The number of benzene rings is 1. The van der Waals surface area contributed by atoms with Crippen molar-refractivity contribution in [2.45, 2.75) is 26.4 Å². The maximum absolute atomic E-state index is 10.0. The van der Waals surface area contributed by atoms with Gasteiger partial charge in [-0.2, -0.15) is 0 Å². The summed E-state index contributed by atoms with van der Waals surface area (Å²) in [6, 6.07) is 8.55.